The average Bonchev–Trinajstić information content (AvgIpc) is 1.63. The number of benzene rings is 8. The summed E-state index contributed by atoms with van der Waals surface area (Å²) >= 11 is 0. The third-order valence-corrected chi connectivity index (χ3v) is 16.7. The van der Waals surface area contributed by atoms with Crippen molar-refractivity contribution in [1.29, 1.82) is 0 Å². The number of urea groups is 4. The van der Waals surface area contributed by atoms with Crippen molar-refractivity contribution < 1.29 is 76.8 Å². The van der Waals surface area contributed by atoms with Crippen LogP contribution in [-0.4, -0.2) is 86.4 Å². The van der Waals surface area contributed by atoms with Gasteiger partial charge in [0.1, 0.15) is 0 Å². The molecule has 0 atom stereocenters. The maximum absolute atomic E-state index is 14.3. The molecule has 25 heteroatoms. The van der Waals surface area contributed by atoms with Gasteiger partial charge in [0.2, 0.25) is 0 Å². The fraction of sp³-hybridized carbons (Fsp3) is 0.0500. The molecule has 5 heterocycles. The second-order valence-corrected chi connectivity index (χ2v) is 23.0. The molecule has 3 aromatic heterocycles. The van der Waals surface area contributed by atoms with E-state index in [0.29, 0.717) is 112 Å². The molecule has 0 fully saturated rings. The number of rotatable bonds is 16. The molecule has 0 aliphatic carbocycles. The average molecular weight is 1450 g/mol. The van der Waals surface area contributed by atoms with Gasteiger partial charge in [-0.15, -0.1) is 22.1 Å². The van der Waals surface area contributed by atoms with E-state index in [4.69, 9.17) is 38.9 Å². The summed E-state index contributed by atoms with van der Waals surface area (Å²) in [5, 5.41) is 23.2. The number of para-hydroxylation sites is 8. The van der Waals surface area contributed by atoms with Crippen molar-refractivity contribution >= 4 is 140 Å². The Morgan fingerprint density at radius 2 is 0.438 bits per heavy atom. The SMILES string of the molecule is COC(=O)c1ccccc1NC(=O)Nc1ccccc1-c1c2nc(c(-c3ccccc3NC(=O)Nc3ccccc3C(=O)OC)c3ccc([n-]3)c(-c3ccccc3NC(=O)Nc3ccccc3C(=O)OC)c3nc(c(-c4ccccc4NC(=O)Nc4ccccc4C(=O)OC)c4ccc1[n-]4)C=C3)C=C2.[Zn+2]. The van der Waals surface area contributed by atoms with Crippen LogP contribution in [0.2, 0.25) is 0 Å². The van der Waals surface area contributed by atoms with Gasteiger partial charge in [-0.25, -0.2) is 48.3 Å². The standard InChI is InChI=1S/C80H62N12O12.Zn/c1-101-73(93)49-25-9-17-33-57(49)89-77(97)85-53-29-13-5-21-45(53)69-61-37-39-63(81-61)70(46-22-6-14-30-54(46)86-78(98)90-58-34-18-10-26-50(58)74(94)102-2)65-41-43-67(83-65)72(48-24-8-16-32-56(48)88-80(100)92-60-36-20-12-28-52(60)76(96)104-4)68-44-42-66(84-68)71(64-40-38-62(69)82-64)47-23-7-15-31-55(47)87-79(99)91-59-35-19-11-27-51(59)75(95)103-3;/h5-44H,1-4H3,(H10,81,82,83,84,85,86,87,88,89,90,91,92,93,94,95,96,97,98,99,100);/q;+2/p-2. The van der Waals surface area contributed by atoms with Crippen molar-refractivity contribution in [1.82, 2.24) is 19.9 Å². The minimum atomic E-state index is -0.708. The van der Waals surface area contributed by atoms with Crippen molar-refractivity contribution in [2.45, 2.75) is 0 Å². The Morgan fingerprint density at radius 3 is 0.648 bits per heavy atom. The van der Waals surface area contributed by atoms with Crippen LogP contribution in [0.3, 0.4) is 0 Å². The van der Waals surface area contributed by atoms with E-state index in [1.165, 1.54) is 52.7 Å². The molecule has 105 heavy (non-hydrogen) atoms. The van der Waals surface area contributed by atoms with Crippen LogP contribution in [-0.2, 0) is 38.4 Å². The van der Waals surface area contributed by atoms with E-state index >= 15 is 0 Å². The van der Waals surface area contributed by atoms with Crippen molar-refractivity contribution in [3.05, 3.63) is 263 Å². The minimum absolute atomic E-state index is 0. The Morgan fingerprint density at radius 1 is 0.257 bits per heavy atom. The Hall–Kier alpha value is -14.1. The van der Waals surface area contributed by atoms with Crippen molar-refractivity contribution in [2.75, 3.05) is 71.0 Å². The number of hydrogen-bond acceptors (Lipinski definition) is 14. The van der Waals surface area contributed by atoms with Crippen molar-refractivity contribution in [3.63, 3.8) is 0 Å². The number of anilines is 8. The Bertz CT molecular complexity index is 4910. The van der Waals surface area contributed by atoms with Gasteiger partial charge in [0.05, 0.1) is 119 Å². The first kappa shape index (κ1) is 70.8. The van der Waals surface area contributed by atoms with Gasteiger partial charge in [0.15, 0.2) is 0 Å². The molecule has 0 saturated carbocycles. The molecule has 0 radical (unpaired) electrons. The number of nitrogens with zero attached hydrogens (tertiary/aromatic N) is 4. The number of carbonyl (C=O) groups excluding carboxylic acids is 8. The molecular formula is C80H60N12O12Zn. The number of amides is 8. The van der Waals surface area contributed by atoms with E-state index < -0.39 is 48.0 Å². The van der Waals surface area contributed by atoms with E-state index in [1.807, 2.05) is 0 Å². The second kappa shape index (κ2) is 31.6. The molecule has 0 unspecified atom stereocenters. The minimum Gasteiger partial charge on any atom is -0.657 e. The quantitative estimate of drug-likeness (QED) is 0.0253. The number of nitrogens with one attached hydrogen (secondary N) is 8. The number of carbonyl (C=O) groups is 8. The summed E-state index contributed by atoms with van der Waals surface area (Å²) in [6.07, 6.45) is 7.15. The largest absolute Gasteiger partial charge is 2.00 e. The Labute approximate surface area is 612 Å². The molecule has 13 rings (SSSR count). The third kappa shape index (κ3) is 15.2. The Balaban J connectivity index is 0.0000104. The third-order valence-electron chi connectivity index (χ3n) is 16.7. The van der Waals surface area contributed by atoms with Gasteiger partial charge < -0.3 is 71.4 Å². The van der Waals surface area contributed by atoms with Crippen LogP contribution in [0.25, 0.3) is 90.9 Å². The maximum Gasteiger partial charge on any atom is 2.00 e. The van der Waals surface area contributed by atoms with E-state index in [2.05, 4.69) is 42.5 Å². The van der Waals surface area contributed by atoms with E-state index in [1.54, 1.807) is 218 Å². The van der Waals surface area contributed by atoms with Gasteiger partial charge in [-0.1, -0.05) is 146 Å². The topological polar surface area (TPSA) is 324 Å². The van der Waals surface area contributed by atoms with Gasteiger partial charge in [-0.3, -0.25) is 0 Å². The molecule has 24 nitrogen and oxygen atoms in total. The van der Waals surface area contributed by atoms with Gasteiger partial charge in [-0.05, 0) is 119 Å². The molecular weight excluding hydrogens is 1390 g/mol. The maximum atomic E-state index is 14.3. The number of hydrogen-bond donors (Lipinski definition) is 8. The first-order valence-corrected chi connectivity index (χ1v) is 32.1. The van der Waals surface area contributed by atoms with Crippen LogP contribution in [0.15, 0.2) is 218 Å². The Kier molecular flexibility index (Phi) is 21.3. The first-order valence-electron chi connectivity index (χ1n) is 32.1. The molecule has 8 aromatic carbocycles. The zero-order chi connectivity index (χ0) is 72.4. The monoisotopic (exact) mass is 1440 g/mol. The number of aromatic nitrogens is 4. The van der Waals surface area contributed by atoms with Crippen LogP contribution < -0.4 is 52.5 Å². The van der Waals surface area contributed by atoms with Crippen LogP contribution in [0.4, 0.5) is 64.7 Å². The summed E-state index contributed by atoms with van der Waals surface area (Å²) in [6, 6.07) is 58.0. The summed E-state index contributed by atoms with van der Waals surface area (Å²) in [5.41, 5.74) is 8.51. The summed E-state index contributed by atoms with van der Waals surface area (Å²) < 4.78 is 20.1. The van der Waals surface area contributed by atoms with Crippen molar-refractivity contribution in [3.8, 4) is 44.5 Å². The van der Waals surface area contributed by atoms with Crippen LogP contribution in [0.1, 0.15) is 64.2 Å². The molecule has 2 aliphatic heterocycles. The van der Waals surface area contributed by atoms with E-state index in [-0.39, 0.29) is 64.5 Å². The molecule has 8 bridgehead atoms. The van der Waals surface area contributed by atoms with E-state index in [0.717, 1.165) is 0 Å². The molecule has 0 spiro atoms. The molecule has 2 aliphatic rings. The predicted octanol–water partition coefficient (Wildman–Crippen LogP) is 16.3. The molecule has 8 amide bonds. The first-order chi connectivity index (χ1) is 50.7. The molecule has 514 valence electrons. The zero-order valence-corrected chi connectivity index (χ0v) is 59.5. The van der Waals surface area contributed by atoms with Crippen LogP contribution in [0.5, 0.6) is 0 Å². The summed E-state index contributed by atoms with van der Waals surface area (Å²) in [6.45, 7) is 0. The normalized spacial score (nSPS) is 11.0. The molecule has 11 aromatic rings. The van der Waals surface area contributed by atoms with E-state index in [9.17, 15) is 38.4 Å². The van der Waals surface area contributed by atoms with Crippen LogP contribution >= 0.6 is 0 Å². The fourth-order valence-corrected chi connectivity index (χ4v) is 12.1. The fourth-order valence-electron chi connectivity index (χ4n) is 12.1. The number of methoxy groups -OCH3 is 4. The number of ether oxygens (including phenoxy) is 4. The molecule has 0 saturated heterocycles. The predicted molar refractivity (Wildman–Crippen MR) is 400 cm³/mol. The van der Waals surface area contributed by atoms with Gasteiger partial charge >= 0.3 is 67.5 Å². The van der Waals surface area contributed by atoms with Crippen LogP contribution in [0, 0.1) is 0 Å². The van der Waals surface area contributed by atoms with Gasteiger partial charge in [-0.2, -0.15) is 0 Å². The summed E-state index contributed by atoms with van der Waals surface area (Å²) in [4.78, 5) is 131. The van der Waals surface area contributed by atoms with Gasteiger partial charge in [0.25, 0.3) is 0 Å². The smallest absolute Gasteiger partial charge is 0.657 e. The van der Waals surface area contributed by atoms with Crippen molar-refractivity contribution in [2.24, 2.45) is 0 Å². The summed E-state index contributed by atoms with van der Waals surface area (Å²) in [7, 11) is 4.97. The number of fused-ring (bicyclic) bond motifs is 8. The summed E-state index contributed by atoms with van der Waals surface area (Å²) in [5.74, 6) is -2.67. The zero-order valence-electron chi connectivity index (χ0n) is 56.5. The molecule has 8 N–H and O–H groups in total. The van der Waals surface area contributed by atoms with Gasteiger partial charge in [0, 0.05) is 22.3 Å². The number of esters is 4. The second-order valence-electron chi connectivity index (χ2n) is 23.0.